The first-order chi connectivity index (χ1) is 13.6. The second-order valence-electron chi connectivity index (χ2n) is 6.54. The van der Waals surface area contributed by atoms with E-state index in [0.29, 0.717) is 11.3 Å². The van der Waals surface area contributed by atoms with Crippen LogP contribution in [0, 0.1) is 6.92 Å². The molecule has 1 heterocycles. The lowest BCUT2D eigenvalue weighted by Crippen LogP contribution is -2.07. The van der Waals surface area contributed by atoms with Gasteiger partial charge in [0.05, 0.1) is 14.2 Å². The number of ketones is 1. The van der Waals surface area contributed by atoms with Gasteiger partial charge in [0.25, 0.3) is 0 Å². The molecule has 0 saturated carbocycles. The van der Waals surface area contributed by atoms with Gasteiger partial charge in [-0.15, -0.1) is 11.3 Å². The summed E-state index contributed by atoms with van der Waals surface area (Å²) in [6, 6.07) is 19.5. The Morgan fingerprint density at radius 2 is 1.64 bits per heavy atom. The molecule has 0 saturated heterocycles. The Balaban J connectivity index is 1.97. The van der Waals surface area contributed by atoms with Gasteiger partial charge in [-0.3, -0.25) is 4.79 Å². The number of ether oxygens (including phenoxy) is 2. The summed E-state index contributed by atoms with van der Waals surface area (Å²) in [4.78, 5) is 13.7. The van der Waals surface area contributed by atoms with Crippen molar-refractivity contribution in [3.05, 3.63) is 82.7 Å². The average molecular weight is 388 g/mol. The summed E-state index contributed by atoms with van der Waals surface area (Å²) in [5, 5.41) is 2.93. The lowest BCUT2D eigenvalue weighted by Gasteiger charge is -2.16. The van der Waals surface area contributed by atoms with E-state index in [2.05, 4.69) is 0 Å². The number of rotatable bonds is 5. The molecule has 140 valence electrons. The molecular formula is C24H20O3S. The number of para-hydroxylation sites is 1. The van der Waals surface area contributed by atoms with Gasteiger partial charge in [0.1, 0.15) is 11.5 Å². The Hall–Kier alpha value is -3.11. The summed E-state index contributed by atoms with van der Waals surface area (Å²) in [7, 11) is 3.27. The molecule has 0 aliphatic rings. The molecule has 0 aliphatic carbocycles. The number of fused-ring (bicyclic) bond motifs is 1. The summed E-state index contributed by atoms with van der Waals surface area (Å²) in [5.74, 6) is 1.45. The summed E-state index contributed by atoms with van der Waals surface area (Å²) in [6.07, 6.45) is 0. The lowest BCUT2D eigenvalue weighted by atomic mass is 9.89. The summed E-state index contributed by atoms with van der Waals surface area (Å²) >= 11 is 1.59. The Morgan fingerprint density at radius 1 is 0.893 bits per heavy atom. The smallest absolute Gasteiger partial charge is 0.195 e. The molecule has 3 nitrogen and oxygen atoms in total. The molecule has 4 heteroatoms. The van der Waals surface area contributed by atoms with Gasteiger partial charge in [-0.1, -0.05) is 36.4 Å². The predicted octanol–water partition coefficient (Wildman–Crippen LogP) is 6.12. The number of carbonyl (C=O) groups excluding carboxylic acids is 1. The molecule has 4 aromatic rings. The van der Waals surface area contributed by atoms with E-state index in [1.165, 1.54) is 0 Å². The molecule has 4 rings (SSSR count). The summed E-state index contributed by atoms with van der Waals surface area (Å²) in [5.41, 5.74) is 3.96. The van der Waals surface area contributed by atoms with Gasteiger partial charge in [-0.2, -0.15) is 0 Å². The number of hydrogen-bond donors (Lipinski definition) is 0. The normalized spacial score (nSPS) is 10.8. The van der Waals surface area contributed by atoms with E-state index in [0.717, 1.165) is 38.1 Å². The van der Waals surface area contributed by atoms with Crippen molar-refractivity contribution in [1.82, 2.24) is 0 Å². The minimum atomic E-state index is 0.0125. The fraction of sp³-hybridized carbons (Fsp3) is 0.125. The minimum absolute atomic E-state index is 0.0125. The lowest BCUT2D eigenvalue weighted by molar-refractivity contribution is 0.104. The topological polar surface area (TPSA) is 35.5 Å². The molecule has 0 N–H and O–H groups in total. The zero-order valence-electron chi connectivity index (χ0n) is 16.0. The van der Waals surface area contributed by atoms with Crippen LogP contribution in [0.1, 0.15) is 21.5 Å². The quantitative estimate of drug-likeness (QED) is 0.386. The Bertz CT molecular complexity index is 1170. The first kappa shape index (κ1) is 18.3. The van der Waals surface area contributed by atoms with E-state index >= 15 is 0 Å². The maximum absolute atomic E-state index is 13.7. The zero-order chi connectivity index (χ0) is 19.7. The van der Waals surface area contributed by atoms with Crippen LogP contribution in [-0.2, 0) is 0 Å². The number of benzene rings is 3. The number of methoxy groups -OCH3 is 2. The SMILES string of the molecule is COc1cc(C)c(C(=O)c2csc3ccccc23)c(-c2ccccc2OC)c1. The van der Waals surface area contributed by atoms with Crippen LogP contribution in [0.5, 0.6) is 11.5 Å². The van der Waals surface area contributed by atoms with Crippen molar-refractivity contribution < 1.29 is 14.3 Å². The maximum atomic E-state index is 13.7. The van der Waals surface area contributed by atoms with Gasteiger partial charge in [0.2, 0.25) is 0 Å². The molecule has 0 fully saturated rings. The van der Waals surface area contributed by atoms with E-state index in [9.17, 15) is 4.79 Å². The molecule has 0 bridgehead atoms. The van der Waals surface area contributed by atoms with Crippen LogP contribution in [0.25, 0.3) is 21.2 Å². The Labute approximate surface area is 168 Å². The summed E-state index contributed by atoms with van der Waals surface area (Å²) < 4.78 is 12.1. The van der Waals surface area contributed by atoms with Crippen molar-refractivity contribution in [3.63, 3.8) is 0 Å². The molecule has 0 atom stereocenters. The fourth-order valence-corrected chi connectivity index (χ4v) is 4.48. The van der Waals surface area contributed by atoms with Crippen molar-refractivity contribution in [1.29, 1.82) is 0 Å². The van der Waals surface area contributed by atoms with Gasteiger partial charge in [-0.25, -0.2) is 0 Å². The highest BCUT2D eigenvalue weighted by atomic mass is 32.1. The van der Waals surface area contributed by atoms with Crippen molar-refractivity contribution >= 4 is 27.2 Å². The second-order valence-corrected chi connectivity index (χ2v) is 7.45. The Kier molecular flexibility index (Phi) is 4.88. The number of hydrogen-bond acceptors (Lipinski definition) is 4. The van der Waals surface area contributed by atoms with Crippen molar-refractivity contribution in [2.75, 3.05) is 14.2 Å². The third-order valence-electron chi connectivity index (χ3n) is 4.89. The molecule has 0 aliphatic heterocycles. The maximum Gasteiger partial charge on any atom is 0.195 e. The van der Waals surface area contributed by atoms with Crippen LogP contribution in [0.15, 0.2) is 66.0 Å². The third-order valence-corrected chi connectivity index (χ3v) is 5.86. The van der Waals surface area contributed by atoms with Crippen molar-refractivity contribution in [2.45, 2.75) is 6.92 Å². The molecular weight excluding hydrogens is 368 g/mol. The molecule has 0 radical (unpaired) electrons. The molecule has 3 aromatic carbocycles. The first-order valence-corrected chi connectivity index (χ1v) is 9.85. The van der Waals surface area contributed by atoms with E-state index < -0.39 is 0 Å². The van der Waals surface area contributed by atoms with E-state index in [1.807, 2.05) is 73.0 Å². The second kappa shape index (κ2) is 7.49. The van der Waals surface area contributed by atoms with Crippen LogP contribution in [0.4, 0.5) is 0 Å². The number of aryl methyl sites for hydroxylation is 1. The van der Waals surface area contributed by atoms with Gasteiger partial charge in [-0.05, 0) is 36.8 Å². The van der Waals surface area contributed by atoms with Crippen LogP contribution in [0.3, 0.4) is 0 Å². The van der Waals surface area contributed by atoms with Crippen LogP contribution < -0.4 is 9.47 Å². The predicted molar refractivity (Wildman–Crippen MR) is 115 cm³/mol. The van der Waals surface area contributed by atoms with Crippen molar-refractivity contribution in [3.8, 4) is 22.6 Å². The van der Waals surface area contributed by atoms with Crippen molar-refractivity contribution in [2.24, 2.45) is 0 Å². The molecule has 0 spiro atoms. The highest BCUT2D eigenvalue weighted by Crippen LogP contribution is 2.38. The van der Waals surface area contributed by atoms with Crippen LogP contribution in [-0.4, -0.2) is 20.0 Å². The van der Waals surface area contributed by atoms with Gasteiger partial charge < -0.3 is 9.47 Å². The molecule has 1 aromatic heterocycles. The molecule has 0 amide bonds. The third kappa shape index (κ3) is 3.06. The number of thiophene rings is 1. The summed E-state index contributed by atoms with van der Waals surface area (Å²) in [6.45, 7) is 1.95. The van der Waals surface area contributed by atoms with Crippen LogP contribution >= 0.6 is 11.3 Å². The Morgan fingerprint density at radius 3 is 2.43 bits per heavy atom. The molecule has 0 unspecified atom stereocenters. The fourth-order valence-electron chi connectivity index (χ4n) is 3.54. The monoisotopic (exact) mass is 388 g/mol. The zero-order valence-corrected chi connectivity index (χ0v) is 16.8. The number of carbonyl (C=O) groups is 1. The van der Waals surface area contributed by atoms with Crippen LogP contribution in [0.2, 0.25) is 0 Å². The highest BCUT2D eigenvalue weighted by molar-refractivity contribution is 7.17. The van der Waals surface area contributed by atoms with Gasteiger partial charge in [0, 0.05) is 37.7 Å². The highest BCUT2D eigenvalue weighted by Gasteiger charge is 2.23. The average Bonchev–Trinajstić information content (AvgIpc) is 3.16. The van der Waals surface area contributed by atoms with E-state index in [-0.39, 0.29) is 5.78 Å². The largest absolute Gasteiger partial charge is 0.497 e. The van der Waals surface area contributed by atoms with E-state index in [4.69, 9.17) is 9.47 Å². The first-order valence-electron chi connectivity index (χ1n) is 8.97. The van der Waals surface area contributed by atoms with Gasteiger partial charge in [0.15, 0.2) is 5.78 Å². The minimum Gasteiger partial charge on any atom is -0.497 e. The standard InChI is InChI=1S/C24H20O3S/c1-15-12-16(26-2)13-19(17-8-4-6-10-21(17)27-3)23(15)24(25)20-14-28-22-11-7-5-9-18(20)22/h4-14H,1-3H3. The molecule has 28 heavy (non-hydrogen) atoms. The van der Waals surface area contributed by atoms with Gasteiger partial charge >= 0.3 is 0 Å². The van der Waals surface area contributed by atoms with E-state index in [1.54, 1.807) is 25.6 Å².